The first-order chi connectivity index (χ1) is 12.1. The normalized spacial score (nSPS) is 11.2. The molecule has 3 aromatic rings. The fourth-order valence-electron chi connectivity index (χ4n) is 2.51. The summed E-state index contributed by atoms with van der Waals surface area (Å²) in [6.45, 7) is 0. The van der Waals surface area contributed by atoms with Gasteiger partial charge in [0.2, 0.25) is 0 Å². The van der Waals surface area contributed by atoms with Crippen molar-refractivity contribution in [2.45, 2.75) is 0 Å². The van der Waals surface area contributed by atoms with Crippen molar-refractivity contribution in [3.05, 3.63) is 59.9 Å². The molecule has 1 heterocycles. The molecule has 6 nitrogen and oxygen atoms in total. The van der Waals surface area contributed by atoms with E-state index in [0.29, 0.717) is 28.5 Å². The van der Waals surface area contributed by atoms with Crippen LogP contribution in [-0.4, -0.2) is 27.0 Å². The highest BCUT2D eigenvalue weighted by molar-refractivity contribution is 5.88. The van der Waals surface area contributed by atoms with E-state index in [0.717, 1.165) is 5.56 Å². The number of aromatic hydroxyl groups is 1. The molecule has 1 aromatic heterocycles. The number of aromatic nitrogens is 3. The molecule has 0 saturated heterocycles. The van der Waals surface area contributed by atoms with Crippen molar-refractivity contribution in [2.75, 3.05) is 7.11 Å². The molecule has 0 spiro atoms. The van der Waals surface area contributed by atoms with Gasteiger partial charge in [0.05, 0.1) is 12.7 Å². The smallest absolute Gasteiger partial charge is 0.174 e. The second-order valence-electron chi connectivity index (χ2n) is 5.37. The van der Waals surface area contributed by atoms with Gasteiger partial charge in [0.25, 0.3) is 0 Å². The van der Waals surface area contributed by atoms with Crippen molar-refractivity contribution < 1.29 is 9.84 Å². The lowest BCUT2D eigenvalue weighted by molar-refractivity contribution is 0.373. The maximum absolute atomic E-state index is 9.88. The second-order valence-corrected chi connectivity index (χ2v) is 5.37. The fourth-order valence-corrected chi connectivity index (χ4v) is 2.51. The maximum Gasteiger partial charge on any atom is 0.174 e. The highest BCUT2D eigenvalue weighted by Crippen LogP contribution is 2.28. The fraction of sp³-hybridized carbons (Fsp3) is 0.105. The van der Waals surface area contributed by atoms with Crippen molar-refractivity contribution in [3.8, 4) is 29.0 Å². The molecule has 6 heteroatoms. The summed E-state index contributed by atoms with van der Waals surface area (Å²) >= 11 is 0. The first-order valence-electron chi connectivity index (χ1n) is 7.58. The zero-order valence-electron chi connectivity index (χ0n) is 13.8. The Morgan fingerprint density at radius 3 is 2.60 bits per heavy atom. The highest BCUT2D eigenvalue weighted by atomic mass is 16.5. The number of phenols is 1. The minimum absolute atomic E-state index is 0.0106. The third-order valence-electron chi connectivity index (χ3n) is 3.78. The van der Waals surface area contributed by atoms with Crippen molar-refractivity contribution in [1.29, 1.82) is 5.26 Å². The molecular weight excluding hydrogens is 316 g/mol. The summed E-state index contributed by atoms with van der Waals surface area (Å²) in [4.78, 5) is 0. The average Bonchev–Trinajstić information content (AvgIpc) is 3.02. The van der Waals surface area contributed by atoms with Crippen LogP contribution in [0, 0.1) is 11.3 Å². The van der Waals surface area contributed by atoms with Gasteiger partial charge in [-0.25, -0.2) is 0 Å². The quantitative estimate of drug-likeness (QED) is 0.741. The molecule has 0 unspecified atom stereocenters. The molecule has 2 aromatic carbocycles. The van der Waals surface area contributed by atoms with E-state index in [-0.39, 0.29) is 5.75 Å². The molecule has 0 aliphatic carbocycles. The van der Waals surface area contributed by atoms with E-state index in [2.05, 4.69) is 16.3 Å². The van der Waals surface area contributed by atoms with Gasteiger partial charge < -0.3 is 14.4 Å². The van der Waals surface area contributed by atoms with Gasteiger partial charge in [-0.3, -0.25) is 0 Å². The van der Waals surface area contributed by atoms with Crippen LogP contribution in [0.25, 0.3) is 23.0 Å². The Balaban J connectivity index is 2.01. The first-order valence-corrected chi connectivity index (χ1v) is 7.58. The molecule has 0 atom stereocenters. The molecule has 0 radical (unpaired) electrons. The van der Waals surface area contributed by atoms with Gasteiger partial charge in [0, 0.05) is 12.6 Å². The minimum atomic E-state index is 0.0106. The van der Waals surface area contributed by atoms with Crippen LogP contribution in [-0.2, 0) is 7.05 Å². The number of hydrogen-bond donors (Lipinski definition) is 1. The summed E-state index contributed by atoms with van der Waals surface area (Å²) in [6.07, 6.45) is 1.65. The van der Waals surface area contributed by atoms with E-state index in [1.165, 1.54) is 13.2 Å². The van der Waals surface area contributed by atoms with Crippen LogP contribution in [0.2, 0.25) is 0 Å². The number of methoxy groups -OCH3 is 1. The highest BCUT2D eigenvalue weighted by Gasteiger charge is 2.14. The number of phenolic OH excluding ortho intramolecular Hbond substituents is 1. The first kappa shape index (κ1) is 16.3. The van der Waals surface area contributed by atoms with Gasteiger partial charge in [-0.05, 0) is 23.8 Å². The lowest BCUT2D eigenvalue weighted by Crippen LogP contribution is -1.98. The lowest BCUT2D eigenvalue weighted by Gasteiger charge is -2.05. The van der Waals surface area contributed by atoms with Crippen LogP contribution in [0.15, 0.2) is 48.5 Å². The number of hydrogen-bond acceptors (Lipinski definition) is 5. The molecule has 0 bridgehead atoms. The van der Waals surface area contributed by atoms with Crippen LogP contribution >= 0.6 is 0 Å². The van der Waals surface area contributed by atoms with E-state index in [1.54, 1.807) is 22.8 Å². The molecule has 0 amide bonds. The van der Waals surface area contributed by atoms with Crippen LogP contribution in [0.3, 0.4) is 0 Å². The standard InChI is InChI=1S/C19H16N4O2/c1-23-18(14-6-4-3-5-7-14)21-22-19(23)15(12-20)10-13-8-9-17(25-2)16(24)11-13/h3-11,24H,1-2H3/b15-10+. The van der Waals surface area contributed by atoms with E-state index >= 15 is 0 Å². The zero-order valence-corrected chi connectivity index (χ0v) is 13.8. The van der Waals surface area contributed by atoms with E-state index in [9.17, 15) is 10.4 Å². The van der Waals surface area contributed by atoms with E-state index in [1.807, 2.05) is 37.4 Å². The van der Waals surface area contributed by atoms with E-state index < -0.39 is 0 Å². The minimum Gasteiger partial charge on any atom is -0.504 e. The van der Waals surface area contributed by atoms with Crippen LogP contribution in [0.4, 0.5) is 0 Å². The summed E-state index contributed by atoms with van der Waals surface area (Å²) in [5.74, 6) is 1.52. The van der Waals surface area contributed by atoms with Gasteiger partial charge in [-0.1, -0.05) is 36.4 Å². The Morgan fingerprint density at radius 1 is 1.20 bits per heavy atom. The Labute approximate surface area is 145 Å². The average molecular weight is 332 g/mol. The van der Waals surface area contributed by atoms with Gasteiger partial charge in [0.1, 0.15) is 6.07 Å². The molecule has 0 saturated carbocycles. The SMILES string of the molecule is COc1ccc(/C=C(\C#N)c2nnc(-c3ccccc3)n2C)cc1O. The van der Waals surface area contributed by atoms with E-state index in [4.69, 9.17) is 4.74 Å². The maximum atomic E-state index is 9.88. The number of rotatable bonds is 4. The predicted octanol–water partition coefficient (Wildman–Crippen LogP) is 3.26. The van der Waals surface area contributed by atoms with Gasteiger partial charge in [-0.2, -0.15) is 5.26 Å². The second kappa shape index (κ2) is 6.89. The third-order valence-corrected chi connectivity index (χ3v) is 3.78. The predicted molar refractivity (Wildman–Crippen MR) is 94.6 cm³/mol. The largest absolute Gasteiger partial charge is 0.504 e. The molecule has 124 valence electrons. The van der Waals surface area contributed by atoms with Gasteiger partial charge >= 0.3 is 0 Å². The Bertz CT molecular complexity index is 969. The number of allylic oxidation sites excluding steroid dienone is 1. The van der Waals surface area contributed by atoms with Gasteiger partial charge in [-0.15, -0.1) is 10.2 Å². The number of ether oxygens (including phenoxy) is 1. The van der Waals surface area contributed by atoms with Gasteiger partial charge in [0.15, 0.2) is 23.1 Å². The molecular formula is C19H16N4O2. The molecule has 1 N–H and O–H groups in total. The summed E-state index contributed by atoms with van der Waals surface area (Å²) in [6, 6.07) is 16.7. The molecule has 3 rings (SSSR count). The Morgan fingerprint density at radius 2 is 1.96 bits per heavy atom. The number of nitriles is 1. The summed E-state index contributed by atoms with van der Waals surface area (Å²) in [5.41, 5.74) is 1.93. The topological polar surface area (TPSA) is 84.0 Å². The lowest BCUT2D eigenvalue weighted by atomic mass is 10.1. The summed E-state index contributed by atoms with van der Waals surface area (Å²) in [7, 11) is 3.30. The summed E-state index contributed by atoms with van der Waals surface area (Å²) in [5, 5.41) is 27.8. The molecule has 25 heavy (non-hydrogen) atoms. The van der Waals surface area contributed by atoms with Crippen LogP contribution in [0.5, 0.6) is 11.5 Å². The number of benzene rings is 2. The zero-order chi connectivity index (χ0) is 17.8. The third kappa shape index (κ3) is 3.21. The molecule has 0 aliphatic rings. The van der Waals surface area contributed by atoms with Crippen molar-refractivity contribution in [3.63, 3.8) is 0 Å². The molecule has 0 fully saturated rings. The van der Waals surface area contributed by atoms with Crippen molar-refractivity contribution >= 4 is 11.6 Å². The monoisotopic (exact) mass is 332 g/mol. The van der Waals surface area contributed by atoms with Crippen molar-refractivity contribution in [1.82, 2.24) is 14.8 Å². The van der Waals surface area contributed by atoms with Crippen LogP contribution in [0.1, 0.15) is 11.4 Å². The Kier molecular flexibility index (Phi) is 4.48. The van der Waals surface area contributed by atoms with Crippen LogP contribution < -0.4 is 4.74 Å². The Hall–Kier alpha value is -3.59. The van der Waals surface area contributed by atoms with Crippen molar-refractivity contribution in [2.24, 2.45) is 7.05 Å². The summed E-state index contributed by atoms with van der Waals surface area (Å²) < 4.78 is 6.80. The number of nitrogens with zero attached hydrogens (tertiary/aromatic N) is 4. The molecule has 0 aliphatic heterocycles.